The standard InChI is InChI=1S/C16H19FN2O3/c1-4-22-16(21)13(9-19-10(2)3)15(20)14(18)11-5-7-12(17)8-6-11/h5-10,18-19H,4H2,1-3H3/b13-9+,18-14?. The van der Waals surface area contributed by atoms with E-state index in [2.05, 4.69) is 5.32 Å². The summed E-state index contributed by atoms with van der Waals surface area (Å²) in [6.07, 6.45) is 1.25. The molecular formula is C16H19FN2O3. The average Bonchev–Trinajstić information content (AvgIpc) is 2.47. The summed E-state index contributed by atoms with van der Waals surface area (Å²) >= 11 is 0. The summed E-state index contributed by atoms with van der Waals surface area (Å²) in [5.74, 6) is -2.04. The van der Waals surface area contributed by atoms with Gasteiger partial charge in [-0.2, -0.15) is 0 Å². The zero-order chi connectivity index (χ0) is 16.7. The first-order chi connectivity index (χ1) is 10.4. The van der Waals surface area contributed by atoms with E-state index in [1.807, 2.05) is 13.8 Å². The molecule has 0 radical (unpaired) electrons. The number of esters is 1. The van der Waals surface area contributed by atoms with Crippen molar-refractivity contribution in [2.45, 2.75) is 26.8 Å². The third kappa shape index (κ3) is 4.80. The predicted octanol–water partition coefficient (Wildman–Crippen LogP) is 2.21. The monoisotopic (exact) mass is 306 g/mol. The van der Waals surface area contributed by atoms with E-state index in [1.165, 1.54) is 18.3 Å². The summed E-state index contributed by atoms with van der Waals surface area (Å²) in [4.78, 5) is 24.2. The largest absolute Gasteiger partial charge is 0.462 e. The van der Waals surface area contributed by atoms with Crippen LogP contribution in [0.2, 0.25) is 0 Å². The normalized spacial score (nSPS) is 11.2. The second kappa shape index (κ2) is 8.07. The van der Waals surface area contributed by atoms with Crippen LogP contribution in [0.25, 0.3) is 0 Å². The fraction of sp³-hybridized carbons (Fsp3) is 0.312. The Hall–Kier alpha value is -2.50. The van der Waals surface area contributed by atoms with E-state index in [9.17, 15) is 14.0 Å². The Balaban J connectivity index is 3.05. The highest BCUT2D eigenvalue weighted by Gasteiger charge is 2.24. The molecule has 0 fully saturated rings. The smallest absolute Gasteiger partial charge is 0.343 e. The Morgan fingerprint density at radius 3 is 2.41 bits per heavy atom. The number of carbonyl (C=O) groups is 2. The summed E-state index contributed by atoms with van der Waals surface area (Å²) in [7, 11) is 0. The molecule has 0 amide bonds. The summed E-state index contributed by atoms with van der Waals surface area (Å²) in [5, 5.41) is 10.7. The van der Waals surface area contributed by atoms with Crippen molar-refractivity contribution in [1.29, 1.82) is 5.41 Å². The lowest BCUT2D eigenvalue weighted by atomic mass is 10.0. The molecule has 0 saturated carbocycles. The number of benzene rings is 1. The maximum Gasteiger partial charge on any atom is 0.343 e. The molecule has 0 heterocycles. The number of Topliss-reactive ketones (excluding diaryl/α,β-unsaturated/α-hetero) is 1. The van der Waals surface area contributed by atoms with Crippen molar-refractivity contribution in [1.82, 2.24) is 5.32 Å². The molecule has 6 heteroatoms. The molecule has 2 N–H and O–H groups in total. The maximum atomic E-state index is 12.9. The molecule has 0 aliphatic heterocycles. The van der Waals surface area contributed by atoms with Crippen LogP contribution in [0.1, 0.15) is 26.3 Å². The number of hydrogen-bond acceptors (Lipinski definition) is 5. The number of nitrogens with one attached hydrogen (secondary N) is 2. The highest BCUT2D eigenvalue weighted by Crippen LogP contribution is 2.09. The quantitative estimate of drug-likeness (QED) is 0.266. The molecule has 1 rings (SSSR count). The predicted molar refractivity (Wildman–Crippen MR) is 81.2 cm³/mol. The van der Waals surface area contributed by atoms with Crippen LogP contribution in [0.4, 0.5) is 4.39 Å². The molecule has 0 aliphatic carbocycles. The minimum atomic E-state index is -0.799. The Morgan fingerprint density at radius 2 is 1.91 bits per heavy atom. The first-order valence-corrected chi connectivity index (χ1v) is 6.89. The van der Waals surface area contributed by atoms with Gasteiger partial charge in [0.15, 0.2) is 0 Å². The van der Waals surface area contributed by atoms with Crippen molar-refractivity contribution in [2.24, 2.45) is 0 Å². The van der Waals surface area contributed by atoms with Gasteiger partial charge in [-0.15, -0.1) is 0 Å². The van der Waals surface area contributed by atoms with Crippen LogP contribution in [0.15, 0.2) is 36.0 Å². The van der Waals surface area contributed by atoms with Crippen LogP contribution in [0, 0.1) is 11.2 Å². The van der Waals surface area contributed by atoms with E-state index in [4.69, 9.17) is 10.1 Å². The number of carbonyl (C=O) groups excluding carboxylic acids is 2. The lowest BCUT2D eigenvalue weighted by Crippen LogP contribution is -2.27. The van der Waals surface area contributed by atoms with Crippen LogP contribution >= 0.6 is 0 Å². The molecule has 1 aromatic rings. The average molecular weight is 306 g/mol. The molecule has 118 valence electrons. The minimum Gasteiger partial charge on any atom is -0.462 e. The highest BCUT2D eigenvalue weighted by atomic mass is 19.1. The van der Waals surface area contributed by atoms with Crippen molar-refractivity contribution in [3.63, 3.8) is 0 Å². The summed E-state index contributed by atoms with van der Waals surface area (Å²) < 4.78 is 17.7. The van der Waals surface area contributed by atoms with Crippen molar-refractivity contribution in [3.05, 3.63) is 47.4 Å². The molecule has 0 spiro atoms. The molecule has 0 bridgehead atoms. The number of ether oxygens (including phenoxy) is 1. The number of halogens is 1. The van der Waals surface area contributed by atoms with Crippen molar-refractivity contribution < 1.29 is 18.7 Å². The summed E-state index contributed by atoms with van der Waals surface area (Å²) in [5.41, 5.74) is -0.430. The molecule has 0 aliphatic rings. The van der Waals surface area contributed by atoms with Crippen molar-refractivity contribution in [2.75, 3.05) is 6.61 Å². The summed E-state index contributed by atoms with van der Waals surface area (Å²) in [6.45, 7) is 5.43. The van der Waals surface area contributed by atoms with Gasteiger partial charge in [0.1, 0.15) is 17.1 Å². The fourth-order valence-electron chi connectivity index (χ4n) is 1.56. The van der Waals surface area contributed by atoms with Crippen LogP contribution in [0.3, 0.4) is 0 Å². The number of hydrogen-bond donors (Lipinski definition) is 2. The van der Waals surface area contributed by atoms with Gasteiger partial charge in [0.25, 0.3) is 0 Å². The van der Waals surface area contributed by atoms with Gasteiger partial charge >= 0.3 is 5.97 Å². The lowest BCUT2D eigenvalue weighted by Gasteiger charge is -2.10. The Labute approximate surface area is 128 Å². The second-order valence-electron chi connectivity index (χ2n) is 4.81. The minimum absolute atomic E-state index is 0.0113. The third-order valence-electron chi connectivity index (χ3n) is 2.66. The molecule has 0 unspecified atom stereocenters. The van der Waals surface area contributed by atoms with E-state index in [0.29, 0.717) is 0 Å². The zero-order valence-corrected chi connectivity index (χ0v) is 12.8. The van der Waals surface area contributed by atoms with Crippen LogP contribution in [-0.4, -0.2) is 30.1 Å². The molecule has 22 heavy (non-hydrogen) atoms. The molecule has 0 atom stereocenters. The van der Waals surface area contributed by atoms with E-state index < -0.39 is 23.3 Å². The van der Waals surface area contributed by atoms with E-state index in [1.54, 1.807) is 6.92 Å². The number of rotatable bonds is 7. The van der Waals surface area contributed by atoms with Crippen LogP contribution < -0.4 is 5.32 Å². The van der Waals surface area contributed by atoms with Crippen molar-refractivity contribution in [3.8, 4) is 0 Å². The second-order valence-corrected chi connectivity index (χ2v) is 4.81. The first-order valence-electron chi connectivity index (χ1n) is 6.89. The highest BCUT2D eigenvalue weighted by molar-refractivity contribution is 6.54. The molecule has 1 aromatic carbocycles. The first kappa shape index (κ1) is 17.6. The fourth-order valence-corrected chi connectivity index (χ4v) is 1.56. The SMILES string of the molecule is CCOC(=O)/C(=C/NC(C)C)C(=O)C(=N)c1ccc(F)cc1. The third-order valence-corrected chi connectivity index (χ3v) is 2.66. The molecule has 5 nitrogen and oxygen atoms in total. The van der Waals surface area contributed by atoms with E-state index in [0.717, 1.165) is 12.1 Å². The lowest BCUT2D eigenvalue weighted by molar-refractivity contribution is -0.139. The molecule has 0 saturated heterocycles. The summed E-state index contributed by atoms with van der Waals surface area (Å²) in [6, 6.07) is 4.94. The van der Waals surface area contributed by atoms with Gasteiger partial charge in [-0.05, 0) is 45.0 Å². The van der Waals surface area contributed by atoms with Gasteiger partial charge in [0.05, 0.1) is 6.61 Å². The van der Waals surface area contributed by atoms with Gasteiger partial charge < -0.3 is 10.1 Å². The zero-order valence-electron chi connectivity index (χ0n) is 12.8. The molecule has 0 aromatic heterocycles. The molecular weight excluding hydrogens is 287 g/mol. The number of ketones is 1. The van der Waals surface area contributed by atoms with E-state index >= 15 is 0 Å². The maximum absolute atomic E-state index is 12.9. The Bertz CT molecular complexity index is 592. The Kier molecular flexibility index (Phi) is 6.44. The van der Waals surface area contributed by atoms with Gasteiger partial charge in [-0.1, -0.05) is 0 Å². The van der Waals surface area contributed by atoms with E-state index in [-0.39, 0.29) is 23.8 Å². The van der Waals surface area contributed by atoms with Gasteiger partial charge in [0, 0.05) is 17.8 Å². The Morgan fingerprint density at radius 1 is 1.32 bits per heavy atom. The van der Waals surface area contributed by atoms with Gasteiger partial charge in [-0.3, -0.25) is 10.2 Å². The van der Waals surface area contributed by atoms with Gasteiger partial charge in [0.2, 0.25) is 5.78 Å². The van der Waals surface area contributed by atoms with Gasteiger partial charge in [-0.25, -0.2) is 9.18 Å². The van der Waals surface area contributed by atoms with Crippen LogP contribution in [-0.2, 0) is 14.3 Å². The van der Waals surface area contributed by atoms with Crippen LogP contribution in [0.5, 0.6) is 0 Å². The topological polar surface area (TPSA) is 79.2 Å². The van der Waals surface area contributed by atoms with Crippen molar-refractivity contribution >= 4 is 17.5 Å².